The van der Waals surface area contributed by atoms with E-state index >= 15 is 0 Å². The number of aliphatic hydroxyl groups is 1. The molecule has 1 aromatic rings. The van der Waals surface area contributed by atoms with Gasteiger partial charge in [-0.2, -0.15) is 0 Å². The Morgan fingerprint density at radius 2 is 2.28 bits per heavy atom. The SMILES string of the molecule is OCc1ccc(N2CCOC3CCCC32)c(F)c1. The van der Waals surface area contributed by atoms with Gasteiger partial charge in [-0.3, -0.25) is 0 Å². The first-order valence-electron chi connectivity index (χ1n) is 6.57. The molecule has 1 aliphatic carbocycles. The van der Waals surface area contributed by atoms with Crippen molar-refractivity contribution in [2.45, 2.75) is 38.0 Å². The summed E-state index contributed by atoms with van der Waals surface area (Å²) in [6.45, 7) is 1.30. The first-order valence-corrected chi connectivity index (χ1v) is 6.57. The smallest absolute Gasteiger partial charge is 0.146 e. The molecule has 2 atom stereocenters. The van der Waals surface area contributed by atoms with Crippen LogP contribution in [-0.4, -0.2) is 30.4 Å². The summed E-state index contributed by atoms with van der Waals surface area (Å²) in [5, 5.41) is 9.01. The summed E-state index contributed by atoms with van der Waals surface area (Å²) in [6, 6.07) is 5.31. The molecule has 1 saturated heterocycles. The van der Waals surface area contributed by atoms with Crippen molar-refractivity contribution in [1.82, 2.24) is 0 Å². The lowest BCUT2D eigenvalue weighted by Crippen LogP contribution is -2.49. The van der Waals surface area contributed by atoms with Crippen molar-refractivity contribution in [1.29, 1.82) is 0 Å². The van der Waals surface area contributed by atoms with Crippen molar-refractivity contribution in [2.24, 2.45) is 0 Å². The number of aliphatic hydroxyl groups excluding tert-OH is 1. The highest BCUT2D eigenvalue weighted by Gasteiger charge is 2.36. The quantitative estimate of drug-likeness (QED) is 0.873. The molecule has 1 heterocycles. The third kappa shape index (κ3) is 1.99. The molecule has 0 amide bonds. The third-order valence-electron chi connectivity index (χ3n) is 3.99. The number of hydrogen-bond acceptors (Lipinski definition) is 3. The molecule has 98 valence electrons. The summed E-state index contributed by atoms with van der Waals surface area (Å²) in [5.74, 6) is -0.242. The number of rotatable bonds is 2. The molecule has 0 aromatic heterocycles. The van der Waals surface area contributed by atoms with Crippen LogP contribution in [0.1, 0.15) is 24.8 Å². The molecule has 1 aliphatic heterocycles. The summed E-state index contributed by atoms with van der Waals surface area (Å²) >= 11 is 0. The van der Waals surface area contributed by atoms with Gasteiger partial charge in [0.15, 0.2) is 0 Å². The zero-order chi connectivity index (χ0) is 12.5. The Hall–Kier alpha value is -1.13. The van der Waals surface area contributed by atoms with E-state index in [9.17, 15) is 4.39 Å². The van der Waals surface area contributed by atoms with Gasteiger partial charge in [-0.25, -0.2) is 4.39 Å². The fourth-order valence-electron chi connectivity index (χ4n) is 3.11. The fourth-order valence-corrected chi connectivity index (χ4v) is 3.11. The van der Waals surface area contributed by atoms with Crippen LogP contribution in [0.3, 0.4) is 0 Å². The van der Waals surface area contributed by atoms with Crippen LogP contribution >= 0.6 is 0 Å². The molecule has 0 radical (unpaired) electrons. The summed E-state index contributed by atoms with van der Waals surface area (Å²) in [7, 11) is 0. The van der Waals surface area contributed by atoms with Crippen LogP contribution in [-0.2, 0) is 11.3 Å². The summed E-state index contributed by atoms with van der Waals surface area (Å²) in [5.41, 5.74) is 1.26. The maximum absolute atomic E-state index is 14.1. The van der Waals surface area contributed by atoms with E-state index in [-0.39, 0.29) is 18.5 Å². The Labute approximate surface area is 106 Å². The average Bonchev–Trinajstić information content (AvgIpc) is 2.87. The van der Waals surface area contributed by atoms with Crippen LogP contribution < -0.4 is 4.90 Å². The topological polar surface area (TPSA) is 32.7 Å². The zero-order valence-corrected chi connectivity index (χ0v) is 10.3. The first-order chi connectivity index (χ1) is 8.79. The number of anilines is 1. The van der Waals surface area contributed by atoms with Gasteiger partial charge in [0.2, 0.25) is 0 Å². The second kappa shape index (κ2) is 4.86. The molecule has 3 nitrogen and oxygen atoms in total. The molecule has 2 aliphatic rings. The van der Waals surface area contributed by atoms with E-state index in [2.05, 4.69) is 4.90 Å². The van der Waals surface area contributed by atoms with Crippen molar-refractivity contribution < 1.29 is 14.2 Å². The Balaban J connectivity index is 1.89. The average molecular weight is 251 g/mol. The van der Waals surface area contributed by atoms with Crippen LogP contribution in [0.25, 0.3) is 0 Å². The predicted molar refractivity (Wildman–Crippen MR) is 67.0 cm³/mol. The minimum absolute atomic E-state index is 0.119. The number of fused-ring (bicyclic) bond motifs is 1. The van der Waals surface area contributed by atoms with E-state index < -0.39 is 0 Å². The maximum Gasteiger partial charge on any atom is 0.146 e. The second-order valence-corrected chi connectivity index (χ2v) is 5.04. The Morgan fingerprint density at radius 1 is 1.39 bits per heavy atom. The van der Waals surface area contributed by atoms with Crippen molar-refractivity contribution in [3.05, 3.63) is 29.6 Å². The van der Waals surface area contributed by atoms with Crippen LogP contribution in [0.5, 0.6) is 0 Å². The molecule has 1 saturated carbocycles. The van der Waals surface area contributed by atoms with Crippen molar-refractivity contribution in [3.8, 4) is 0 Å². The van der Waals surface area contributed by atoms with Gasteiger partial charge < -0.3 is 14.7 Å². The van der Waals surface area contributed by atoms with Gasteiger partial charge in [0, 0.05) is 6.54 Å². The van der Waals surface area contributed by atoms with Gasteiger partial charge >= 0.3 is 0 Å². The second-order valence-electron chi connectivity index (χ2n) is 5.04. The van der Waals surface area contributed by atoms with Crippen molar-refractivity contribution >= 4 is 5.69 Å². The standard InChI is InChI=1S/C14H18FNO2/c15-11-8-10(9-17)4-5-12(11)16-6-7-18-14-3-1-2-13(14)16/h4-5,8,13-14,17H,1-3,6-7,9H2. The monoisotopic (exact) mass is 251 g/mol. The van der Waals surface area contributed by atoms with Crippen LogP contribution in [0.4, 0.5) is 10.1 Å². The van der Waals surface area contributed by atoms with Gasteiger partial charge in [-0.05, 0) is 37.0 Å². The molecule has 18 heavy (non-hydrogen) atoms. The molecule has 3 rings (SSSR count). The minimum atomic E-state index is -0.242. The molecular weight excluding hydrogens is 233 g/mol. The fraction of sp³-hybridized carbons (Fsp3) is 0.571. The summed E-state index contributed by atoms with van der Waals surface area (Å²) in [6.07, 6.45) is 3.57. The number of benzene rings is 1. The predicted octanol–water partition coefficient (Wildman–Crippen LogP) is 2.08. The number of morpholine rings is 1. The lowest BCUT2D eigenvalue weighted by atomic mass is 10.1. The van der Waals surface area contributed by atoms with E-state index in [0.717, 1.165) is 25.8 Å². The van der Waals surface area contributed by atoms with Gasteiger partial charge in [0.25, 0.3) is 0 Å². The number of ether oxygens (including phenoxy) is 1. The van der Waals surface area contributed by atoms with Gasteiger partial charge in [-0.1, -0.05) is 6.07 Å². The highest BCUT2D eigenvalue weighted by Crippen LogP contribution is 2.34. The van der Waals surface area contributed by atoms with Crippen LogP contribution in [0.2, 0.25) is 0 Å². The minimum Gasteiger partial charge on any atom is -0.392 e. The molecule has 1 aromatic carbocycles. The molecule has 2 unspecified atom stereocenters. The number of nitrogens with zero attached hydrogens (tertiary/aromatic N) is 1. The van der Waals surface area contributed by atoms with E-state index in [4.69, 9.17) is 9.84 Å². The highest BCUT2D eigenvalue weighted by atomic mass is 19.1. The molecule has 1 N–H and O–H groups in total. The van der Waals surface area contributed by atoms with Gasteiger partial charge in [0.05, 0.1) is 31.0 Å². The lowest BCUT2D eigenvalue weighted by molar-refractivity contribution is 0.0254. The Bertz CT molecular complexity index is 438. The van der Waals surface area contributed by atoms with E-state index in [0.29, 0.717) is 23.9 Å². The third-order valence-corrected chi connectivity index (χ3v) is 3.99. The van der Waals surface area contributed by atoms with E-state index in [1.807, 2.05) is 0 Å². The first kappa shape index (κ1) is 11.9. The lowest BCUT2D eigenvalue weighted by Gasteiger charge is -2.39. The molecule has 0 spiro atoms. The summed E-state index contributed by atoms with van der Waals surface area (Å²) < 4.78 is 19.8. The largest absolute Gasteiger partial charge is 0.392 e. The highest BCUT2D eigenvalue weighted by molar-refractivity contribution is 5.51. The number of hydrogen-bond donors (Lipinski definition) is 1. The zero-order valence-electron chi connectivity index (χ0n) is 10.3. The Kier molecular flexibility index (Phi) is 3.22. The maximum atomic E-state index is 14.1. The Morgan fingerprint density at radius 3 is 3.06 bits per heavy atom. The van der Waals surface area contributed by atoms with Crippen LogP contribution in [0.15, 0.2) is 18.2 Å². The van der Waals surface area contributed by atoms with Gasteiger partial charge in [-0.15, -0.1) is 0 Å². The van der Waals surface area contributed by atoms with E-state index in [1.54, 1.807) is 12.1 Å². The normalized spacial score (nSPS) is 27.3. The van der Waals surface area contributed by atoms with Crippen LogP contribution in [0, 0.1) is 5.82 Å². The number of halogens is 1. The van der Waals surface area contributed by atoms with Crippen molar-refractivity contribution in [2.75, 3.05) is 18.1 Å². The molecule has 4 heteroatoms. The van der Waals surface area contributed by atoms with Gasteiger partial charge in [0.1, 0.15) is 5.82 Å². The van der Waals surface area contributed by atoms with E-state index in [1.165, 1.54) is 6.07 Å². The summed E-state index contributed by atoms with van der Waals surface area (Å²) in [4.78, 5) is 2.14. The molecule has 0 bridgehead atoms. The molecular formula is C14H18FNO2. The molecule has 2 fully saturated rings. The van der Waals surface area contributed by atoms with Crippen molar-refractivity contribution in [3.63, 3.8) is 0 Å².